The molecule has 1 aliphatic heterocycles. The van der Waals surface area contributed by atoms with Gasteiger partial charge in [0.1, 0.15) is 5.60 Å². The Morgan fingerprint density at radius 2 is 2.00 bits per heavy atom. The van der Waals surface area contributed by atoms with Crippen LogP contribution in [-0.2, 0) is 33.1 Å². The fourth-order valence-electron chi connectivity index (χ4n) is 2.35. The number of nitrogens with one attached hydrogen (secondary N) is 1. The van der Waals surface area contributed by atoms with Gasteiger partial charge in [-0.1, -0.05) is 0 Å². The van der Waals surface area contributed by atoms with E-state index in [0.717, 1.165) is 11.7 Å². The molecule has 0 spiro atoms. The van der Waals surface area contributed by atoms with Gasteiger partial charge in [0.25, 0.3) is 11.6 Å². The number of hydroxylamine groups is 1. The molecule has 2 rings (SSSR count). The Labute approximate surface area is 147 Å². The minimum atomic E-state index is -5.03. The fourth-order valence-corrected chi connectivity index (χ4v) is 3.78. The molecule has 146 valence electrons. The first-order valence-electron chi connectivity index (χ1n) is 7.47. The molecule has 0 fully saturated rings. The second-order valence-corrected chi connectivity index (χ2v) is 8.01. The van der Waals surface area contributed by atoms with Gasteiger partial charge in [0.05, 0.1) is 18.4 Å². The summed E-state index contributed by atoms with van der Waals surface area (Å²) in [5.74, 6) is -1.18. The van der Waals surface area contributed by atoms with E-state index >= 15 is 0 Å². The van der Waals surface area contributed by atoms with Crippen molar-refractivity contribution in [3.05, 3.63) is 32.7 Å². The molecule has 0 unspecified atom stereocenters. The van der Waals surface area contributed by atoms with Crippen molar-refractivity contribution in [2.24, 2.45) is 0 Å². The molecule has 0 aliphatic carbocycles. The summed E-state index contributed by atoms with van der Waals surface area (Å²) in [4.78, 5) is 20.8. The Kier molecular flexibility index (Phi) is 5.12. The van der Waals surface area contributed by atoms with Gasteiger partial charge in [-0.2, -0.15) is 18.2 Å². The van der Waals surface area contributed by atoms with Gasteiger partial charge in [-0.05, 0) is 26.8 Å². The second kappa shape index (κ2) is 6.58. The molecule has 0 saturated carbocycles. The normalized spacial score (nSPS) is 17.0. The van der Waals surface area contributed by atoms with Gasteiger partial charge in [-0.25, -0.2) is 8.42 Å². The average Bonchev–Trinajstić information content (AvgIpc) is 2.88. The highest BCUT2D eigenvalue weighted by atomic mass is 32.2. The molecule has 0 aromatic carbocycles. The molecule has 0 atom stereocenters. The van der Waals surface area contributed by atoms with Crippen molar-refractivity contribution in [1.29, 1.82) is 0 Å². The lowest BCUT2D eigenvalue weighted by Crippen LogP contribution is -2.32. The molecule has 1 aromatic rings. The number of ether oxygens (including phenoxy) is 1. The first-order chi connectivity index (χ1) is 11.8. The molecule has 26 heavy (non-hydrogen) atoms. The Balaban J connectivity index is 2.64. The molecule has 8 nitrogen and oxygen atoms in total. The lowest BCUT2D eigenvalue weighted by Gasteiger charge is -2.16. The van der Waals surface area contributed by atoms with Gasteiger partial charge in [-0.15, -0.1) is 0 Å². The van der Waals surface area contributed by atoms with Crippen LogP contribution >= 0.6 is 0 Å². The summed E-state index contributed by atoms with van der Waals surface area (Å²) >= 11 is 0. The topological polar surface area (TPSA) is 99.5 Å². The summed E-state index contributed by atoms with van der Waals surface area (Å²) in [5.41, 5.74) is -2.49. The van der Waals surface area contributed by atoms with Crippen molar-refractivity contribution >= 4 is 9.84 Å². The van der Waals surface area contributed by atoms with Gasteiger partial charge in [0, 0.05) is 6.54 Å². The predicted octanol–water partition coefficient (Wildman–Crippen LogP) is 1.36. The van der Waals surface area contributed by atoms with Crippen LogP contribution in [0.4, 0.5) is 13.2 Å². The molecule has 0 saturated heterocycles. The lowest BCUT2D eigenvalue weighted by atomic mass is 10.1. The van der Waals surface area contributed by atoms with Crippen LogP contribution in [0.3, 0.4) is 0 Å². The van der Waals surface area contributed by atoms with E-state index in [9.17, 15) is 26.4 Å². The van der Waals surface area contributed by atoms with Crippen molar-refractivity contribution < 1.29 is 31.2 Å². The zero-order valence-corrected chi connectivity index (χ0v) is 15.3. The van der Waals surface area contributed by atoms with Gasteiger partial charge in [0.2, 0.25) is 0 Å². The van der Waals surface area contributed by atoms with Crippen LogP contribution in [0, 0.1) is 0 Å². The van der Waals surface area contributed by atoms with E-state index in [1.165, 1.54) is 13.0 Å². The number of halogens is 3. The number of hydrogen-bond acceptors (Lipinski definition) is 7. The van der Waals surface area contributed by atoms with Gasteiger partial charge in [0.15, 0.2) is 20.6 Å². The van der Waals surface area contributed by atoms with Crippen LogP contribution in [0.15, 0.2) is 15.9 Å². The predicted molar refractivity (Wildman–Crippen MR) is 84.7 cm³/mol. The standard InChI is InChI=1S/C14H18F3N3O5S/c1-5-20-11(21)8(10(14(15,16)17)18-12(20)24-4)7-26(22,23)9-6-13(2,3)25-19-9/h6,19H,5,7H2,1-4H3. The molecule has 1 N–H and O–H groups in total. The average molecular weight is 397 g/mol. The number of alkyl halides is 3. The van der Waals surface area contributed by atoms with Crippen LogP contribution in [0.2, 0.25) is 0 Å². The minimum absolute atomic E-state index is 0.0444. The minimum Gasteiger partial charge on any atom is -0.468 e. The Hall–Kier alpha value is -2.08. The third-order valence-corrected chi connectivity index (χ3v) is 5.10. The van der Waals surface area contributed by atoms with Gasteiger partial charge < -0.3 is 4.74 Å². The van der Waals surface area contributed by atoms with E-state index in [4.69, 9.17) is 9.57 Å². The molecule has 12 heteroatoms. The summed E-state index contributed by atoms with van der Waals surface area (Å²) in [6.07, 6.45) is -3.82. The van der Waals surface area contributed by atoms with Crippen LogP contribution in [0.1, 0.15) is 32.0 Å². The van der Waals surface area contributed by atoms with Crippen LogP contribution in [0.25, 0.3) is 0 Å². The highest BCUT2D eigenvalue weighted by Gasteiger charge is 2.41. The van der Waals surface area contributed by atoms with E-state index in [-0.39, 0.29) is 6.54 Å². The molecule has 0 amide bonds. The summed E-state index contributed by atoms with van der Waals surface area (Å²) in [6, 6.07) is -0.548. The number of rotatable bonds is 5. The SMILES string of the molecule is CCn1c(OC)nc(C(F)(F)F)c(CS(=O)(=O)C2=CC(C)(C)ON2)c1=O. The van der Waals surface area contributed by atoms with Crippen LogP contribution in [0.5, 0.6) is 6.01 Å². The van der Waals surface area contributed by atoms with Gasteiger partial charge >= 0.3 is 6.18 Å². The maximum absolute atomic E-state index is 13.3. The van der Waals surface area contributed by atoms with E-state index in [2.05, 4.69) is 10.5 Å². The Morgan fingerprint density at radius 3 is 2.42 bits per heavy atom. The zero-order chi connectivity index (χ0) is 19.9. The first-order valence-corrected chi connectivity index (χ1v) is 9.12. The highest BCUT2D eigenvalue weighted by molar-refractivity contribution is 7.94. The second-order valence-electron chi connectivity index (χ2n) is 6.05. The zero-order valence-electron chi connectivity index (χ0n) is 14.5. The number of nitrogens with zero attached hydrogens (tertiary/aromatic N) is 2. The van der Waals surface area contributed by atoms with E-state index in [1.807, 2.05) is 0 Å². The van der Waals surface area contributed by atoms with E-state index in [1.54, 1.807) is 13.8 Å². The van der Waals surface area contributed by atoms with E-state index < -0.39 is 55.2 Å². The van der Waals surface area contributed by atoms with Crippen molar-refractivity contribution in [3.8, 4) is 6.01 Å². The molecule has 2 heterocycles. The van der Waals surface area contributed by atoms with Gasteiger partial charge in [-0.3, -0.25) is 19.7 Å². The molecule has 0 radical (unpaired) electrons. The van der Waals surface area contributed by atoms with Crippen molar-refractivity contribution in [1.82, 2.24) is 15.0 Å². The maximum atomic E-state index is 13.3. The largest absolute Gasteiger partial charge is 0.468 e. The van der Waals surface area contributed by atoms with Crippen LogP contribution in [-0.4, -0.2) is 30.7 Å². The summed E-state index contributed by atoms with van der Waals surface area (Å²) < 4.78 is 70.6. The van der Waals surface area contributed by atoms with Crippen LogP contribution < -0.4 is 15.8 Å². The lowest BCUT2D eigenvalue weighted by molar-refractivity contribution is -0.142. The monoisotopic (exact) mass is 397 g/mol. The molecular weight excluding hydrogens is 379 g/mol. The Bertz CT molecular complexity index is 904. The summed E-state index contributed by atoms with van der Waals surface area (Å²) in [5, 5.41) is -0.408. The first kappa shape index (κ1) is 20.2. The Morgan fingerprint density at radius 1 is 1.38 bits per heavy atom. The number of methoxy groups -OCH3 is 1. The number of sulfone groups is 1. The molecular formula is C14H18F3N3O5S. The number of hydrogen-bond donors (Lipinski definition) is 1. The fraction of sp³-hybridized carbons (Fsp3) is 0.571. The maximum Gasteiger partial charge on any atom is 0.434 e. The third kappa shape index (κ3) is 3.85. The number of aromatic nitrogens is 2. The molecule has 1 aromatic heterocycles. The highest BCUT2D eigenvalue weighted by Crippen LogP contribution is 2.32. The van der Waals surface area contributed by atoms with Crippen molar-refractivity contribution in [2.75, 3.05) is 7.11 Å². The van der Waals surface area contributed by atoms with Crippen molar-refractivity contribution in [3.63, 3.8) is 0 Å². The van der Waals surface area contributed by atoms with E-state index in [0.29, 0.717) is 0 Å². The molecule has 0 bridgehead atoms. The quantitative estimate of drug-likeness (QED) is 0.801. The summed E-state index contributed by atoms with van der Waals surface area (Å²) in [6.45, 7) is 4.57. The van der Waals surface area contributed by atoms with Crippen molar-refractivity contribution in [2.45, 2.75) is 44.8 Å². The smallest absolute Gasteiger partial charge is 0.434 e. The summed E-state index contributed by atoms with van der Waals surface area (Å²) in [7, 11) is -3.24. The molecule has 1 aliphatic rings. The third-order valence-electron chi connectivity index (χ3n) is 3.56.